The van der Waals surface area contributed by atoms with Crippen LogP contribution >= 0.6 is 15.9 Å². The van der Waals surface area contributed by atoms with E-state index in [-0.39, 0.29) is 23.2 Å². The van der Waals surface area contributed by atoms with Crippen molar-refractivity contribution in [2.45, 2.75) is 0 Å². The minimum absolute atomic E-state index is 0.0977. The summed E-state index contributed by atoms with van der Waals surface area (Å²) in [5.41, 5.74) is 2.27. The third-order valence-electron chi connectivity index (χ3n) is 4.22. The van der Waals surface area contributed by atoms with Crippen molar-refractivity contribution in [1.29, 1.82) is 0 Å². The number of amides is 1. The number of hydrogen-bond acceptors (Lipinski definition) is 3. The SMILES string of the molecule is O=C1/C(=C\c2cccc(Br)c2)N=C(c2ccc(F)cc2)N1c1ccc(O)cc1. The maximum Gasteiger partial charge on any atom is 0.282 e. The molecule has 3 aromatic carbocycles. The Morgan fingerprint density at radius 2 is 1.71 bits per heavy atom. The van der Waals surface area contributed by atoms with Crippen molar-refractivity contribution in [3.8, 4) is 5.75 Å². The number of anilines is 1. The number of carbonyl (C=O) groups is 1. The summed E-state index contributed by atoms with van der Waals surface area (Å²) in [7, 11) is 0. The lowest BCUT2D eigenvalue weighted by atomic mass is 10.1. The van der Waals surface area contributed by atoms with Crippen LogP contribution in [0.15, 0.2) is 88.0 Å². The van der Waals surface area contributed by atoms with Crippen molar-refractivity contribution in [2.24, 2.45) is 4.99 Å². The van der Waals surface area contributed by atoms with Gasteiger partial charge in [0, 0.05) is 10.0 Å². The topological polar surface area (TPSA) is 52.9 Å². The van der Waals surface area contributed by atoms with Gasteiger partial charge >= 0.3 is 0 Å². The minimum atomic E-state index is -0.366. The first-order valence-corrected chi connectivity index (χ1v) is 9.26. The molecule has 4 rings (SSSR count). The van der Waals surface area contributed by atoms with Crippen LogP contribution in [0.1, 0.15) is 11.1 Å². The van der Waals surface area contributed by atoms with Crippen molar-refractivity contribution in [2.75, 3.05) is 4.90 Å². The van der Waals surface area contributed by atoms with Crippen LogP contribution in [-0.2, 0) is 4.79 Å². The van der Waals surface area contributed by atoms with Gasteiger partial charge in [0.2, 0.25) is 0 Å². The molecule has 0 spiro atoms. The highest BCUT2D eigenvalue weighted by molar-refractivity contribution is 9.10. The number of amidine groups is 1. The number of aliphatic imine (C=N–C) groups is 1. The smallest absolute Gasteiger partial charge is 0.282 e. The van der Waals surface area contributed by atoms with E-state index in [1.54, 1.807) is 30.3 Å². The molecule has 6 heteroatoms. The number of aromatic hydroxyl groups is 1. The summed E-state index contributed by atoms with van der Waals surface area (Å²) < 4.78 is 14.2. The van der Waals surface area contributed by atoms with Gasteiger partial charge in [-0.1, -0.05) is 28.1 Å². The molecule has 0 fully saturated rings. The number of halogens is 2. The first kappa shape index (κ1) is 18.1. The van der Waals surface area contributed by atoms with Crippen LogP contribution in [0.4, 0.5) is 10.1 Å². The van der Waals surface area contributed by atoms with Crippen molar-refractivity contribution in [3.05, 3.63) is 99.9 Å². The van der Waals surface area contributed by atoms with E-state index in [0.717, 1.165) is 10.0 Å². The molecular weight excluding hydrogens is 423 g/mol. The van der Waals surface area contributed by atoms with Crippen molar-refractivity contribution >= 4 is 39.4 Å². The molecule has 1 aliphatic heterocycles. The second-order valence-electron chi connectivity index (χ2n) is 6.18. The van der Waals surface area contributed by atoms with E-state index in [4.69, 9.17) is 0 Å². The van der Waals surface area contributed by atoms with Crippen LogP contribution in [0.5, 0.6) is 5.75 Å². The Bertz CT molecular complexity index is 1110. The predicted octanol–water partition coefficient (Wildman–Crippen LogP) is 5.13. The number of phenolic OH excluding ortho intramolecular Hbond substituents is 1. The van der Waals surface area contributed by atoms with Crippen LogP contribution in [0.3, 0.4) is 0 Å². The maximum absolute atomic E-state index is 13.4. The average Bonchev–Trinajstić information content (AvgIpc) is 2.99. The zero-order valence-electron chi connectivity index (χ0n) is 14.5. The number of carbonyl (C=O) groups excluding carboxylic acids is 1. The van der Waals surface area contributed by atoms with Gasteiger partial charge < -0.3 is 5.11 Å². The van der Waals surface area contributed by atoms with Gasteiger partial charge in [0.1, 0.15) is 23.1 Å². The van der Waals surface area contributed by atoms with Gasteiger partial charge in [-0.15, -0.1) is 0 Å². The minimum Gasteiger partial charge on any atom is -0.508 e. The number of hydrogen-bond donors (Lipinski definition) is 1. The Kier molecular flexibility index (Phi) is 4.79. The van der Waals surface area contributed by atoms with E-state index < -0.39 is 0 Å². The molecular formula is C22H14BrFN2O2. The van der Waals surface area contributed by atoms with Crippen LogP contribution < -0.4 is 4.90 Å². The molecule has 0 atom stereocenters. The fourth-order valence-electron chi connectivity index (χ4n) is 2.90. The van der Waals surface area contributed by atoms with E-state index in [2.05, 4.69) is 20.9 Å². The molecule has 1 amide bonds. The fourth-order valence-corrected chi connectivity index (χ4v) is 3.32. The Hall–Kier alpha value is -3.25. The lowest BCUT2D eigenvalue weighted by Gasteiger charge is -2.18. The molecule has 0 unspecified atom stereocenters. The monoisotopic (exact) mass is 436 g/mol. The zero-order valence-corrected chi connectivity index (χ0v) is 16.1. The highest BCUT2D eigenvalue weighted by Gasteiger charge is 2.32. The van der Waals surface area contributed by atoms with E-state index in [1.165, 1.54) is 29.2 Å². The molecule has 4 nitrogen and oxygen atoms in total. The number of phenols is 1. The average molecular weight is 437 g/mol. The number of rotatable bonds is 3. The van der Waals surface area contributed by atoms with E-state index in [1.807, 2.05) is 24.3 Å². The maximum atomic E-state index is 13.4. The number of benzene rings is 3. The fraction of sp³-hybridized carbons (Fsp3) is 0. The Morgan fingerprint density at radius 3 is 2.39 bits per heavy atom. The van der Waals surface area contributed by atoms with Gasteiger partial charge in [0.05, 0.1) is 5.69 Å². The van der Waals surface area contributed by atoms with Gasteiger partial charge in [-0.05, 0) is 72.3 Å². The molecule has 1 N–H and O–H groups in total. The molecule has 0 saturated heterocycles. The Balaban J connectivity index is 1.82. The second-order valence-corrected chi connectivity index (χ2v) is 7.10. The molecule has 0 radical (unpaired) electrons. The van der Waals surface area contributed by atoms with Crippen LogP contribution in [0, 0.1) is 5.82 Å². The first-order valence-electron chi connectivity index (χ1n) is 8.47. The van der Waals surface area contributed by atoms with Gasteiger partial charge in [-0.3, -0.25) is 9.69 Å². The molecule has 0 saturated carbocycles. The molecule has 0 aromatic heterocycles. The summed E-state index contributed by atoms with van der Waals surface area (Å²) in [5.74, 6) is -0.169. The summed E-state index contributed by atoms with van der Waals surface area (Å²) in [4.78, 5) is 19.1. The second kappa shape index (κ2) is 7.40. The Morgan fingerprint density at radius 1 is 1.00 bits per heavy atom. The molecule has 0 aliphatic carbocycles. The number of nitrogens with zero attached hydrogens (tertiary/aromatic N) is 2. The molecule has 28 heavy (non-hydrogen) atoms. The predicted molar refractivity (Wildman–Crippen MR) is 111 cm³/mol. The standard InChI is InChI=1S/C22H14BrFN2O2/c23-16-3-1-2-14(12-16)13-20-22(28)26(18-8-10-19(27)11-9-18)21(25-20)15-4-6-17(24)7-5-15/h1-13,27H/b20-13+. The van der Waals surface area contributed by atoms with Gasteiger partial charge in [0.25, 0.3) is 5.91 Å². The normalized spacial score (nSPS) is 15.2. The highest BCUT2D eigenvalue weighted by atomic mass is 79.9. The van der Waals surface area contributed by atoms with Crippen molar-refractivity contribution in [1.82, 2.24) is 0 Å². The quantitative estimate of drug-likeness (QED) is 0.578. The van der Waals surface area contributed by atoms with Gasteiger partial charge in [0.15, 0.2) is 0 Å². The highest BCUT2D eigenvalue weighted by Crippen LogP contribution is 2.29. The van der Waals surface area contributed by atoms with E-state index in [0.29, 0.717) is 17.1 Å². The summed E-state index contributed by atoms with van der Waals surface area (Å²) in [6.07, 6.45) is 1.71. The third-order valence-corrected chi connectivity index (χ3v) is 4.72. The largest absolute Gasteiger partial charge is 0.508 e. The molecule has 1 heterocycles. The van der Waals surface area contributed by atoms with Crippen molar-refractivity contribution in [3.63, 3.8) is 0 Å². The van der Waals surface area contributed by atoms with Crippen LogP contribution in [0.2, 0.25) is 0 Å². The molecule has 138 valence electrons. The lowest BCUT2D eigenvalue weighted by Crippen LogP contribution is -2.32. The zero-order chi connectivity index (χ0) is 19.7. The van der Waals surface area contributed by atoms with Gasteiger partial charge in [-0.2, -0.15) is 0 Å². The first-order chi connectivity index (χ1) is 13.5. The third kappa shape index (κ3) is 3.59. The summed E-state index contributed by atoms with van der Waals surface area (Å²) >= 11 is 3.42. The van der Waals surface area contributed by atoms with Crippen molar-refractivity contribution < 1.29 is 14.3 Å². The van der Waals surface area contributed by atoms with E-state index in [9.17, 15) is 14.3 Å². The summed E-state index contributed by atoms with van der Waals surface area (Å²) in [6, 6.07) is 19.6. The van der Waals surface area contributed by atoms with Gasteiger partial charge in [-0.25, -0.2) is 9.38 Å². The van der Waals surface area contributed by atoms with E-state index >= 15 is 0 Å². The summed E-state index contributed by atoms with van der Waals surface area (Å²) in [5, 5.41) is 9.56. The molecule has 0 bridgehead atoms. The lowest BCUT2D eigenvalue weighted by molar-refractivity contribution is -0.113. The molecule has 1 aliphatic rings. The Labute approximate surface area is 169 Å². The summed E-state index contributed by atoms with van der Waals surface area (Å²) in [6.45, 7) is 0. The molecule has 3 aromatic rings. The van der Waals surface area contributed by atoms with Crippen LogP contribution in [-0.4, -0.2) is 16.8 Å². The van der Waals surface area contributed by atoms with Crippen LogP contribution in [0.25, 0.3) is 6.08 Å².